The Balaban J connectivity index is 2.51. The molecule has 5 heteroatoms. The molecule has 70 valence electrons. The summed E-state index contributed by atoms with van der Waals surface area (Å²) in [5.74, 6) is 0.365. The van der Waals surface area contributed by atoms with Crippen LogP contribution in [0.5, 0.6) is 5.88 Å². The van der Waals surface area contributed by atoms with Gasteiger partial charge in [-0.1, -0.05) is 6.07 Å². The molecule has 5 nitrogen and oxygen atoms in total. The van der Waals surface area contributed by atoms with Crippen molar-refractivity contribution >= 4 is 6.29 Å². The summed E-state index contributed by atoms with van der Waals surface area (Å²) >= 11 is 0. The Bertz CT molecular complexity index is 450. The number of aromatic nitrogens is 3. The van der Waals surface area contributed by atoms with Crippen molar-refractivity contribution in [2.75, 3.05) is 0 Å². The number of pyridine rings is 1. The Hall–Kier alpha value is -2.17. The summed E-state index contributed by atoms with van der Waals surface area (Å²) in [5.41, 5.74) is 0.174. The van der Waals surface area contributed by atoms with Crippen LogP contribution in [0.4, 0.5) is 0 Å². The van der Waals surface area contributed by atoms with Crippen molar-refractivity contribution in [1.29, 1.82) is 0 Å². The third-order valence-corrected chi connectivity index (χ3v) is 1.70. The molecule has 0 bridgehead atoms. The molecule has 0 amide bonds. The molecule has 0 radical (unpaired) electrons. The van der Waals surface area contributed by atoms with Crippen molar-refractivity contribution in [1.82, 2.24) is 14.8 Å². The number of carbonyl (C=O) groups excluding carboxylic acids is 1. The van der Waals surface area contributed by atoms with Crippen molar-refractivity contribution in [3.05, 3.63) is 36.2 Å². The van der Waals surface area contributed by atoms with Crippen LogP contribution in [0.25, 0.3) is 5.82 Å². The van der Waals surface area contributed by atoms with Crippen molar-refractivity contribution in [2.24, 2.45) is 0 Å². The van der Waals surface area contributed by atoms with E-state index in [-0.39, 0.29) is 11.6 Å². The van der Waals surface area contributed by atoms with Crippen molar-refractivity contribution in [3.8, 4) is 11.7 Å². The number of hydrogen-bond acceptors (Lipinski definition) is 4. The maximum atomic E-state index is 10.4. The van der Waals surface area contributed by atoms with E-state index in [1.807, 2.05) is 0 Å². The number of carbonyl (C=O) groups is 1. The largest absolute Gasteiger partial charge is 0.493 e. The monoisotopic (exact) mass is 189 g/mol. The lowest BCUT2D eigenvalue weighted by atomic mass is 10.4. The first-order valence-corrected chi connectivity index (χ1v) is 3.97. The highest BCUT2D eigenvalue weighted by molar-refractivity contribution is 5.72. The van der Waals surface area contributed by atoms with Gasteiger partial charge in [-0.3, -0.25) is 4.79 Å². The summed E-state index contributed by atoms with van der Waals surface area (Å²) in [6, 6.07) is 6.48. The van der Waals surface area contributed by atoms with Crippen LogP contribution in [0.15, 0.2) is 30.5 Å². The summed E-state index contributed by atoms with van der Waals surface area (Å²) < 4.78 is 1.20. The SMILES string of the molecule is O=Cc1cc(O)n(-c2ccccn2)n1. The summed E-state index contributed by atoms with van der Waals surface area (Å²) in [6.45, 7) is 0. The van der Waals surface area contributed by atoms with Gasteiger partial charge in [0.25, 0.3) is 0 Å². The highest BCUT2D eigenvalue weighted by atomic mass is 16.3. The van der Waals surface area contributed by atoms with Crippen LogP contribution in [0.1, 0.15) is 10.5 Å². The summed E-state index contributed by atoms with van der Waals surface area (Å²) in [4.78, 5) is 14.4. The molecule has 0 atom stereocenters. The van der Waals surface area contributed by atoms with Crippen LogP contribution in [0.3, 0.4) is 0 Å². The fraction of sp³-hybridized carbons (Fsp3) is 0. The molecule has 0 aromatic carbocycles. The molecule has 2 heterocycles. The Morgan fingerprint density at radius 1 is 1.43 bits per heavy atom. The van der Waals surface area contributed by atoms with Gasteiger partial charge in [0.1, 0.15) is 5.69 Å². The standard InChI is InChI=1S/C9H7N3O2/c13-6-7-5-9(14)12(11-7)8-3-1-2-4-10-8/h1-6,14H. The Kier molecular flexibility index (Phi) is 1.98. The molecule has 0 saturated carbocycles. The van der Waals surface area contributed by atoms with Gasteiger partial charge in [-0.25, -0.2) is 4.98 Å². The first kappa shape index (κ1) is 8.43. The van der Waals surface area contributed by atoms with E-state index < -0.39 is 0 Å². The highest BCUT2D eigenvalue weighted by Crippen LogP contribution is 2.14. The zero-order chi connectivity index (χ0) is 9.97. The molecule has 0 spiro atoms. The van der Waals surface area contributed by atoms with Gasteiger partial charge in [0.05, 0.1) is 0 Å². The fourth-order valence-corrected chi connectivity index (χ4v) is 1.09. The van der Waals surface area contributed by atoms with Gasteiger partial charge >= 0.3 is 0 Å². The summed E-state index contributed by atoms with van der Waals surface area (Å²) in [7, 11) is 0. The number of rotatable bonds is 2. The number of aromatic hydroxyl groups is 1. The average molecular weight is 189 g/mol. The second-order valence-electron chi connectivity index (χ2n) is 2.64. The molecule has 0 saturated heterocycles. The highest BCUT2D eigenvalue weighted by Gasteiger charge is 2.07. The topological polar surface area (TPSA) is 68.0 Å². The van der Waals surface area contributed by atoms with Crippen molar-refractivity contribution in [3.63, 3.8) is 0 Å². The predicted octanol–water partition coefficient (Wildman–Crippen LogP) is 0.785. The fourth-order valence-electron chi connectivity index (χ4n) is 1.09. The quantitative estimate of drug-likeness (QED) is 0.709. The number of nitrogens with zero attached hydrogens (tertiary/aromatic N) is 3. The normalized spacial score (nSPS) is 10.0. The van der Waals surface area contributed by atoms with E-state index in [0.717, 1.165) is 0 Å². The minimum absolute atomic E-state index is 0.106. The van der Waals surface area contributed by atoms with Crippen molar-refractivity contribution < 1.29 is 9.90 Å². The molecular weight excluding hydrogens is 182 g/mol. The molecule has 14 heavy (non-hydrogen) atoms. The predicted molar refractivity (Wildman–Crippen MR) is 48.4 cm³/mol. The first-order valence-electron chi connectivity index (χ1n) is 3.97. The van der Waals surface area contributed by atoms with Gasteiger partial charge in [-0.15, -0.1) is 0 Å². The van der Waals surface area contributed by atoms with Crippen LogP contribution in [-0.2, 0) is 0 Å². The van der Waals surface area contributed by atoms with E-state index in [1.165, 1.54) is 10.7 Å². The van der Waals surface area contributed by atoms with Gasteiger partial charge in [0.15, 0.2) is 12.1 Å². The summed E-state index contributed by atoms with van der Waals surface area (Å²) in [5, 5.41) is 13.3. The maximum Gasteiger partial charge on any atom is 0.216 e. The third kappa shape index (κ3) is 1.35. The average Bonchev–Trinajstić information content (AvgIpc) is 2.61. The van der Waals surface area contributed by atoms with Gasteiger partial charge in [0, 0.05) is 12.3 Å². The minimum atomic E-state index is -0.106. The molecular formula is C9H7N3O2. The second-order valence-corrected chi connectivity index (χ2v) is 2.64. The van der Waals surface area contributed by atoms with Gasteiger partial charge in [-0.2, -0.15) is 9.78 Å². The first-order chi connectivity index (χ1) is 6.81. The third-order valence-electron chi connectivity index (χ3n) is 1.70. The van der Waals surface area contributed by atoms with Gasteiger partial charge in [-0.05, 0) is 12.1 Å². The Morgan fingerprint density at radius 3 is 2.86 bits per heavy atom. The van der Waals surface area contributed by atoms with Crippen molar-refractivity contribution in [2.45, 2.75) is 0 Å². The minimum Gasteiger partial charge on any atom is -0.493 e. The van der Waals surface area contributed by atoms with E-state index >= 15 is 0 Å². The van der Waals surface area contributed by atoms with Gasteiger partial charge in [0.2, 0.25) is 5.88 Å². The Morgan fingerprint density at radius 2 is 2.29 bits per heavy atom. The lowest BCUT2D eigenvalue weighted by Crippen LogP contribution is -1.98. The maximum absolute atomic E-state index is 10.4. The number of aldehydes is 1. The van der Waals surface area contributed by atoms with E-state index in [0.29, 0.717) is 12.1 Å². The Labute approximate surface area is 79.6 Å². The molecule has 0 aliphatic heterocycles. The van der Waals surface area contributed by atoms with Gasteiger partial charge < -0.3 is 5.11 Å². The lowest BCUT2D eigenvalue weighted by Gasteiger charge is -1.99. The molecule has 0 aliphatic carbocycles. The van der Waals surface area contributed by atoms with Crippen LogP contribution in [0.2, 0.25) is 0 Å². The van der Waals surface area contributed by atoms with E-state index in [1.54, 1.807) is 24.4 Å². The molecule has 2 aromatic heterocycles. The zero-order valence-electron chi connectivity index (χ0n) is 7.16. The second kappa shape index (κ2) is 3.29. The smallest absolute Gasteiger partial charge is 0.216 e. The van der Waals surface area contributed by atoms with Crippen LogP contribution < -0.4 is 0 Å². The van der Waals surface area contributed by atoms with E-state index in [2.05, 4.69) is 10.1 Å². The zero-order valence-corrected chi connectivity index (χ0v) is 7.16. The molecule has 1 N–H and O–H groups in total. The lowest BCUT2D eigenvalue weighted by molar-refractivity contribution is 0.111. The molecule has 0 fully saturated rings. The molecule has 2 aromatic rings. The number of hydrogen-bond donors (Lipinski definition) is 1. The van der Waals surface area contributed by atoms with E-state index in [9.17, 15) is 9.90 Å². The van der Waals surface area contributed by atoms with Crippen LogP contribution in [-0.4, -0.2) is 26.2 Å². The molecule has 0 aliphatic rings. The molecule has 0 unspecified atom stereocenters. The summed E-state index contributed by atoms with van der Waals surface area (Å²) in [6.07, 6.45) is 2.15. The van der Waals surface area contributed by atoms with E-state index in [4.69, 9.17) is 0 Å². The molecule has 2 rings (SSSR count). The van der Waals surface area contributed by atoms with Crippen LogP contribution in [0, 0.1) is 0 Å². The van der Waals surface area contributed by atoms with Crippen LogP contribution >= 0.6 is 0 Å².